The summed E-state index contributed by atoms with van der Waals surface area (Å²) in [6.45, 7) is 0.144. The second kappa shape index (κ2) is 4.80. The molecule has 0 bridgehead atoms. The molecule has 0 saturated heterocycles. The first-order chi connectivity index (χ1) is 10.0. The van der Waals surface area contributed by atoms with E-state index in [0.717, 1.165) is 5.56 Å². The number of carbonyl (C=O) groups excluding carboxylic acids is 2. The van der Waals surface area contributed by atoms with E-state index in [4.69, 9.17) is 9.47 Å². The van der Waals surface area contributed by atoms with Gasteiger partial charge < -0.3 is 14.4 Å². The molecule has 1 aromatic rings. The highest BCUT2D eigenvalue weighted by atomic mass is 16.5. The van der Waals surface area contributed by atoms with Crippen LogP contribution in [0.5, 0.6) is 5.75 Å². The van der Waals surface area contributed by atoms with Gasteiger partial charge in [0.05, 0.1) is 24.4 Å². The number of rotatable bonds is 2. The zero-order valence-corrected chi connectivity index (χ0v) is 12.1. The number of carbonyl (C=O) groups is 2. The molecule has 21 heavy (non-hydrogen) atoms. The first kappa shape index (κ1) is 13.5. The maximum Gasteiger partial charge on any atom is 0.338 e. The van der Waals surface area contributed by atoms with Crippen molar-refractivity contribution in [2.75, 3.05) is 27.8 Å². The largest absolute Gasteiger partial charge is 0.497 e. The van der Waals surface area contributed by atoms with Gasteiger partial charge in [-0.3, -0.25) is 4.90 Å². The van der Waals surface area contributed by atoms with E-state index in [1.54, 1.807) is 26.1 Å². The molecule has 0 saturated carbocycles. The van der Waals surface area contributed by atoms with Crippen molar-refractivity contribution >= 4 is 12.0 Å². The number of cyclic esters (lactones) is 1. The van der Waals surface area contributed by atoms with Crippen LogP contribution in [0.25, 0.3) is 0 Å². The van der Waals surface area contributed by atoms with Crippen molar-refractivity contribution in [3.05, 3.63) is 41.1 Å². The van der Waals surface area contributed by atoms with Crippen molar-refractivity contribution in [3.63, 3.8) is 0 Å². The maximum absolute atomic E-state index is 12.3. The molecule has 1 atom stereocenters. The Hall–Kier alpha value is -2.50. The fourth-order valence-corrected chi connectivity index (χ4v) is 2.81. The summed E-state index contributed by atoms with van der Waals surface area (Å²) >= 11 is 0. The first-order valence-corrected chi connectivity index (χ1v) is 6.59. The van der Waals surface area contributed by atoms with Crippen molar-refractivity contribution in [1.82, 2.24) is 9.80 Å². The number of benzene rings is 1. The van der Waals surface area contributed by atoms with Crippen molar-refractivity contribution in [3.8, 4) is 5.75 Å². The van der Waals surface area contributed by atoms with Crippen molar-refractivity contribution in [2.45, 2.75) is 6.04 Å². The van der Waals surface area contributed by atoms with Gasteiger partial charge in [-0.2, -0.15) is 0 Å². The monoisotopic (exact) mass is 288 g/mol. The van der Waals surface area contributed by atoms with E-state index < -0.39 is 6.04 Å². The maximum atomic E-state index is 12.3. The summed E-state index contributed by atoms with van der Waals surface area (Å²) in [6, 6.07) is 6.75. The minimum Gasteiger partial charge on any atom is -0.497 e. The average molecular weight is 288 g/mol. The van der Waals surface area contributed by atoms with Gasteiger partial charge in [0.25, 0.3) is 0 Å². The summed E-state index contributed by atoms with van der Waals surface area (Å²) in [7, 11) is 4.91. The Labute approximate surface area is 122 Å². The lowest BCUT2D eigenvalue weighted by Crippen LogP contribution is -2.46. The first-order valence-electron chi connectivity index (χ1n) is 6.59. The van der Waals surface area contributed by atoms with Crippen LogP contribution < -0.4 is 4.74 Å². The second-order valence-corrected chi connectivity index (χ2v) is 5.07. The normalized spacial score (nSPS) is 21.6. The van der Waals surface area contributed by atoms with E-state index in [9.17, 15) is 9.59 Å². The molecule has 6 nitrogen and oxygen atoms in total. The molecule has 2 heterocycles. The summed E-state index contributed by atoms with van der Waals surface area (Å²) in [4.78, 5) is 27.4. The zero-order chi connectivity index (χ0) is 15.1. The van der Waals surface area contributed by atoms with E-state index in [0.29, 0.717) is 17.0 Å². The number of hydrogen-bond donors (Lipinski definition) is 0. The minimum atomic E-state index is -0.450. The van der Waals surface area contributed by atoms with Gasteiger partial charge in [-0.15, -0.1) is 0 Å². The predicted octanol–water partition coefficient (Wildman–Crippen LogP) is 1.54. The average Bonchev–Trinajstić information content (AvgIpc) is 2.87. The molecule has 0 aromatic heterocycles. The minimum absolute atomic E-state index is 0.144. The highest BCUT2D eigenvalue weighted by Gasteiger charge is 2.44. The molecule has 1 unspecified atom stereocenters. The van der Waals surface area contributed by atoms with E-state index >= 15 is 0 Å². The molecule has 0 spiro atoms. The van der Waals surface area contributed by atoms with Crippen molar-refractivity contribution in [2.24, 2.45) is 0 Å². The van der Waals surface area contributed by atoms with Gasteiger partial charge in [-0.1, -0.05) is 12.1 Å². The number of amides is 2. The number of hydrogen-bond acceptors (Lipinski definition) is 4. The molecule has 110 valence electrons. The predicted molar refractivity (Wildman–Crippen MR) is 74.6 cm³/mol. The number of nitrogens with zero attached hydrogens (tertiary/aromatic N) is 2. The van der Waals surface area contributed by atoms with Gasteiger partial charge in [-0.25, -0.2) is 9.59 Å². The Kier molecular flexibility index (Phi) is 3.08. The zero-order valence-electron chi connectivity index (χ0n) is 12.1. The van der Waals surface area contributed by atoms with Gasteiger partial charge in [0.1, 0.15) is 12.4 Å². The van der Waals surface area contributed by atoms with Crippen molar-refractivity contribution < 1.29 is 19.1 Å². The molecule has 2 aliphatic heterocycles. The van der Waals surface area contributed by atoms with Crippen LogP contribution in [-0.4, -0.2) is 49.6 Å². The number of ether oxygens (including phenoxy) is 2. The molecule has 2 amide bonds. The van der Waals surface area contributed by atoms with Gasteiger partial charge in [0.15, 0.2) is 0 Å². The Balaban J connectivity index is 2.14. The number of urea groups is 1. The Morgan fingerprint density at radius 3 is 2.76 bits per heavy atom. The SMILES string of the molecule is COc1cccc(C2C3=C(COC3=O)N(C)C(=O)N2C)c1. The van der Waals surface area contributed by atoms with Crippen LogP contribution in [0.1, 0.15) is 11.6 Å². The second-order valence-electron chi connectivity index (χ2n) is 5.07. The van der Waals surface area contributed by atoms with Gasteiger partial charge in [0.2, 0.25) is 0 Å². The van der Waals surface area contributed by atoms with Crippen LogP contribution in [0.4, 0.5) is 4.79 Å². The summed E-state index contributed by atoms with van der Waals surface area (Å²) in [5.41, 5.74) is 1.98. The van der Waals surface area contributed by atoms with Crippen molar-refractivity contribution in [1.29, 1.82) is 0 Å². The molecule has 3 rings (SSSR count). The number of likely N-dealkylation sites (N-methyl/N-ethyl adjacent to an activating group) is 2. The Morgan fingerprint density at radius 2 is 2.05 bits per heavy atom. The smallest absolute Gasteiger partial charge is 0.338 e. The van der Waals surface area contributed by atoms with Crippen LogP contribution in [0, 0.1) is 0 Å². The fraction of sp³-hybridized carbons (Fsp3) is 0.333. The molecular formula is C15H16N2O4. The van der Waals surface area contributed by atoms with Crippen LogP contribution in [-0.2, 0) is 9.53 Å². The summed E-state index contributed by atoms with van der Waals surface area (Å²) in [5.74, 6) is 0.310. The van der Waals surface area contributed by atoms with Crippen LogP contribution in [0.3, 0.4) is 0 Å². The van der Waals surface area contributed by atoms with E-state index in [-0.39, 0.29) is 18.6 Å². The lowest BCUT2D eigenvalue weighted by atomic mass is 9.94. The summed E-state index contributed by atoms with van der Waals surface area (Å²) in [5, 5.41) is 0. The summed E-state index contributed by atoms with van der Waals surface area (Å²) < 4.78 is 10.3. The lowest BCUT2D eigenvalue weighted by molar-refractivity contribution is -0.136. The van der Waals surface area contributed by atoms with Gasteiger partial charge >= 0.3 is 12.0 Å². The molecule has 1 aromatic carbocycles. The number of esters is 1. The quantitative estimate of drug-likeness (QED) is 0.775. The standard InChI is InChI=1S/C15H16N2O4/c1-16-11-8-21-14(18)12(11)13(17(2)15(16)19)9-5-4-6-10(7-9)20-3/h4-7,13H,8H2,1-3H3. The lowest BCUT2D eigenvalue weighted by Gasteiger charge is -2.37. The molecule has 0 fully saturated rings. The molecular weight excluding hydrogens is 272 g/mol. The van der Waals surface area contributed by atoms with Crippen LogP contribution >= 0.6 is 0 Å². The number of methoxy groups -OCH3 is 1. The highest BCUT2D eigenvalue weighted by Crippen LogP contribution is 2.39. The van der Waals surface area contributed by atoms with E-state index in [2.05, 4.69) is 0 Å². The van der Waals surface area contributed by atoms with Crippen LogP contribution in [0.15, 0.2) is 35.5 Å². The fourth-order valence-electron chi connectivity index (χ4n) is 2.81. The molecule has 0 N–H and O–H groups in total. The molecule has 6 heteroatoms. The molecule has 0 radical (unpaired) electrons. The van der Waals surface area contributed by atoms with Crippen LogP contribution in [0.2, 0.25) is 0 Å². The van der Waals surface area contributed by atoms with Gasteiger partial charge in [0, 0.05) is 14.1 Å². The highest BCUT2D eigenvalue weighted by molar-refractivity contribution is 5.97. The van der Waals surface area contributed by atoms with E-state index in [1.165, 1.54) is 4.90 Å². The Morgan fingerprint density at radius 1 is 1.29 bits per heavy atom. The van der Waals surface area contributed by atoms with E-state index in [1.807, 2.05) is 24.3 Å². The summed E-state index contributed by atoms with van der Waals surface area (Å²) in [6.07, 6.45) is 0. The van der Waals surface area contributed by atoms with Gasteiger partial charge in [-0.05, 0) is 17.7 Å². The Bertz CT molecular complexity index is 653. The third kappa shape index (κ3) is 1.94. The molecule has 0 aliphatic carbocycles. The third-order valence-electron chi connectivity index (χ3n) is 3.93. The topological polar surface area (TPSA) is 59.1 Å². The third-order valence-corrected chi connectivity index (χ3v) is 3.93. The molecule has 2 aliphatic rings.